The molecule has 3 N–H and O–H groups in total. The average molecular weight is 452 g/mol. The highest BCUT2D eigenvalue weighted by Gasteiger charge is 2.71. The van der Waals surface area contributed by atoms with Crippen LogP contribution < -0.4 is 10.6 Å². The van der Waals surface area contributed by atoms with Gasteiger partial charge in [-0.3, -0.25) is 0 Å². The Balaban J connectivity index is 2.02. The fourth-order valence-electron chi connectivity index (χ4n) is 2.51. The van der Waals surface area contributed by atoms with Gasteiger partial charge in [0.05, 0.1) is 0 Å². The smallest absolute Gasteiger partial charge is 0.369 e. The molecule has 0 fully saturated rings. The molecule has 0 aliphatic heterocycles. The quantitative estimate of drug-likeness (QED) is 0.405. The fourth-order valence-corrected chi connectivity index (χ4v) is 3.17. The maximum absolute atomic E-state index is 12.9. The first kappa shape index (κ1) is 23.9. The van der Waals surface area contributed by atoms with Gasteiger partial charge in [0.1, 0.15) is 0 Å². The van der Waals surface area contributed by atoms with Gasteiger partial charge in [0.25, 0.3) is 5.60 Å². The van der Waals surface area contributed by atoms with E-state index in [0.717, 1.165) is 28.3 Å². The molecule has 0 saturated carbocycles. The standard InChI is InChI=1S/C19H18F6N2O2S/c1-2-30-15-9-3-12(4-10-15)11-26-16(28)27-14-7-5-13(6-8-14)17(29,18(20,21)22)19(23,24)25/h3-10,29H,2,11H2,1H3,(H2,26,27,28). The molecule has 2 aromatic carbocycles. The molecule has 164 valence electrons. The van der Waals surface area contributed by atoms with Crippen molar-refractivity contribution in [2.75, 3.05) is 11.1 Å². The molecule has 0 aliphatic rings. The van der Waals surface area contributed by atoms with Gasteiger partial charge in [0.15, 0.2) is 0 Å². The number of rotatable bonds is 6. The van der Waals surface area contributed by atoms with Crippen molar-refractivity contribution in [2.24, 2.45) is 0 Å². The molecular formula is C19H18F6N2O2S. The van der Waals surface area contributed by atoms with Gasteiger partial charge in [-0.25, -0.2) is 4.79 Å². The molecule has 0 radical (unpaired) electrons. The molecule has 2 rings (SSSR count). The summed E-state index contributed by atoms with van der Waals surface area (Å²) >= 11 is 1.66. The summed E-state index contributed by atoms with van der Waals surface area (Å²) in [6.45, 7) is 2.19. The lowest BCUT2D eigenvalue weighted by Crippen LogP contribution is -2.53. The van der Waals surface area contributed by atoms with E-state index >= 15 is 0 Å². The largest absolute Gasteiger partial charge is 0.430 e. The van der Waals surface area contributed by atoms with Gasteiger partial charge in [-0.1, -0.05) is 31.2 Å². The Bertz CT molecular complexity index is 837. The van der Waals surface area contributed by atoms with Crippen LogP contribution in [0.2, 0.25) is 0 Å². The monoisotopic (exact) mass is 452 g/mol. The summed E-state index contributed by atoms with van der Waals surface area (Å²) < 4.78 is 77.3. The van der Waals surface area contributed by atoms with Crippen LogP contribution in [0.3, 0.4) is 0 Å². The minimum Gasteiger partial charge on any atom is -0.369 e. The number of benzene rings is 2. The van der Waals surface area contributed by atoms with E-state index in [4.69, 9.17) is 0 Å². The molecular weight excluding hydrogens is 434 g/mol. The van der Waals surface area contributed by atoms with E-state index in [0.29, 0.717) is 12.1 Å². The van der Waals surface area contributed by atoms with E-state index in [1.165, 1.54) is 0 Å². The fraction of sp³-hybridized carbons (Fsp3) is 0.316. The lowest BCUT2D eigenvalue weighted by atomic mass is 9.92. The number of amides is 2. The number of anilines is 1. The topological polar surface area (TPSA) is 61.4 Å². The van der Waals surface area contributed by atoms with Crippen molar-refractivity contribution in [3.05, 3.63) is 59.7 Å². The molecule has 2 amide bonds. The Morgan fingerprint density at radius 2 is 1.47 bits per heavy atom. The zero-order valence-corrected chi connectivity index (χ0v) is 16.4. The molecule has 0 atom stereocenters. The second kappa shape index (κ2) is 9.17. The molecule has 0 spiro atoms. The highest BCUT2D eigenvalue weighted by atomic mass is 32.2. The lowest BCUT2D eigenvalue weighted by molar-refractivity contribution is -0.376. The van der Waals surface area contributed by atoms with E-state index in [9.17, 15) is 36.2 Å². The zero-order valence-electron chi connectivity index (χ0n) is 15.6. The van der Waals surface area contributed by atoms with Crippen LogP contribution in [0, 0.1) is 0 Å². The SMILES string of the molecule is CCSc1ccc(CNC(=O)Nc2ccc(C(O)(C(F)(F)F)C(F)(F)F)cc2)cc1. The first-order chi connectivity index (χ1) is 13.9. The minimum absolute atomic E-state index is 0.0438. The number of nitrogens with one attached hydrogen (secondary N) is 2. The van der Waals surface area contributed by atoms with Crippen molar-refractivity contribution < 1.29 is 36.2 Å². The van der Waals surface area contributed by atoms with Crippen molar-refractivity contribution in [3.8, 4) is 0 Å². The molecule has 0 aromatic heterocycles. The van der Waals surface area contributed by atoms with Gasteiger partial charge in [-0.2, -0.15) is 26.3 Å². The van der Waals surface area contributed by atoms with E-state index in [1.54, 1.807) is 11.8 Å². The van der Waals surface area contributed by atoms with Crippen molar-refractivity contribution in [3.63, 3.8) is 0 Å². The van der Waals surface area contributed by atoms with E-state index < -0.39 is 29.5 Å². The number of aliphatic hydroxyl groups is 1. The van der Waals surface area contributed by atoms with Gasteiger partial charge in [-0.05, 0) is 35.6 Å². The van der Waals surface area contributed by atoms with Gasteiger partial charge >= 0.3 is 18.4 Å². The molecule has 0 unspecified atom stereocenters. The Morgan fingerprint density at radius 1 is 0.933 bits per heavy atom. The van der Waals surface area contributed by atoms with Gasteiger partial charge in [0, 0.05) is 22.7 Å². The third kappa shape index (κ3) is 5.39. The second-order valence-electron chi connectivity index (χ2n) is 6.17. The summed E-state index contributed by atoms with van der Waals surface area (Å²) in [6.07, 6.45) is -11.9. The van der Waals surface area contributed by atoms with Crippen molar-refractivity contribution in [2.45, 2.75) is 36.3 Å². The third-order valence-electron chi connectivity index (χ3n) is 4.07. The number of thioether (sulfide) groups is 1. The number of urea groups is 1. The number of hydrogen-bond acceptors (Lipinski definition) is 3. The summed E-state index contributed by atoms with van der Waals surface area (Å²) in [4.78, 5) is 13.0. The van der Waals surface area contributed by atoms with Crippen LogP contribution >= 0.6 is 11.8 Å². The van der Waals surface area contributed by atoms with Crippen molar-refractivity contribution in [1.82, 2.24) is 5.32 Å². The summed E-state index contributed by atoms with van der Waals surface area (Å²) in [5, 5.41) is 14.2. The van der Waals surface area contributed by atoms with Gasteiger partial charge < -0.3 is 15.7 Å². The van der Waals surface area contributed by atoms with E-state index in [-0.39, 0.29) is 12.2 Å². The molecule has 0 bridgehead atoms. The van der Waals surface area contributed by atoms with Crippen LogP contribution in [-0.2, 0) is 12.1 Å². The number of halogens is 6. The molecule has 0 heterocycles. The zero-order chi connectivity index (χ0) is 22.6. The number of hydrogen-bond donors (Lipinski definition) is 3. The number of carbonyl (C=O) groups is 1. The highest BCUT2D eigenvalue weighted by molar-refractivity contribution is 7.99. The maximum atomic E-state index is 12.9. The molecule has 11 heteroatoms. The first-order valence-corrected chi connectivity index (χ1v) is 9.60. The normalized spacial score (nSPS) is 12.5. The van der Waals surface area contributed by atoms with Crippen LogP contribution in [0.1, 0.15) is 18.1 Å². The summed E-state index contributed by atoms with van der Waals surface area (Å²) in [7, 11) is 0. The Kier molecular flexibility index (Phi) is 7.30. The average Bonchev–Trinajstić information content (AvgIpc) is 2.66. The van der Waals surface area contributed by atoms with Crippen LogP contribution in [0.4, 0.5) is 36.8 Å². The van der Waals surface area contributed by atoms with Crippen LogP contribution in [0.15, 0.2) is 53.4 Å². The van der Waals surface area contributed by atoms with Gasteiger partial charge in [-0.15, -0.1) is 11.8 Å². The molecule has 2 aromatic rings. The van der Waals surface area contributed by atoms with Crippen LogP contribution in [0.5, 0.6) is 0 Å². The van der Waals surface area contributed by atoms with E-state index in [2.05, 4.69) is 10.6 Å². The predicted molar refractivity (Wildman–Crippen MR) is 101 cm³/mol. The van der Waals surface area contributed by atoms with Gasteiger partial charge in [0.2, 0.25) is 0 Å². The Hall–Kier alpha value is -2.40. The molecule has 0 aliphatic carbocycles. The molecule has 30 heavy (non-hydrogen) atoms. The molecule has 4 nitrogen and oxygen atoms in total. The second-order valence-corrected chi connectivity index (χ2v) is 7.51. The summed E-state index contributed by atoms with van der Waals surface area (Å²) in [6, 6.07) is 9.33. The van der Waals surface area contributed by atoms with Crippen LogP contribution in [-0.4, -0.2) is 29.2 Å². The summed E-state index contributed by atoms with van der Waals surface area (Å²) in [5.41, 5.74) is -5.65. The number of alkyl halides is 6. The predicted octanol–water partition coefficient (Wildman–Crippen LogP) is 5.43. The highest BCUT2D eigenvalue weighted by Crippen LogP contribution is 2.50. The van der Waals surface area contributed by atoms with Crippen molar-refractivity contribution >= 4 is 23.5 Å². The third-order valence-corrected chi connectivity index (χ3v) is 4.96. The Labute approximate surface area is 172 Å². The Morgan fingerprint density at radius 3 is 1.93 bits per heavy atom. The van der Waals surface area contributed by atoms with E-state index in [1.807, 2.05) is 31.2 Å². The number of carbonyl (C=O) groups excluding carboxylic acids is 1. The summed E-state index contributed by atoms with van der Waals surface area (Å²) in [5.74, 6) is 0.919. The maximum Gasteiger partial charge on any atom is 0.430 e. The molecule has 0 saturated heterocycles. The van der Waals surface area contributed by atoms with Crippen molar-refractivity contribution in [1.29, 1.82) is 0 Å². The van der Waals surface area contributed by atoms with Crippen LogP contribution in [0.25, 0.3) is 0 Å². The lowest BCUT2D eigenvalue weighted by Gasteiger charge is -2.32. The first-order valence-electron chi connectivity index (χ1n) is 8.61. The minimum atomic E-state index is -5.97.